The van der Waals surface area contributed by atoms with Crippen molar-refractivity contribution in [1.82, 2.24) is 10.1 Å². The van der Waals surface area contributed by atoms with Crippen molar-refractivity contribution in [1.29, 1.82) is 0 Å². The molecule has 1 aromatic heterocycles. The molecule has 5 nitrogen and oxygen atoms in total. The summed E-state index contributed by atoms with van der Waals surface area (Å²) < 4.78 is 9.13. The Balaban J connectivity index is 1.42. The molecule has 2 N–H and O–H groups in total. The number of aryl methyl sites for hydroxylation is 1. The molecule has 6 heteroatoms. The molecule has 0 saturated heterocycles. The zero-order chi connectivity index (χ0) is 21.2. The second-order valence-corrected chi connectivity index (χ2v) is 8.78. The third-order valence-electron chi connectivity index (χ3n) is 6.18. The topological polar surface area (TPSA) is 77.3 Å². The van der Waals surface area contributed by atoms with Crippen molar-refractivity contribution < 1.29 is 4.52 Å². The van der Waals surface area contributed by atoms with Crippen molar-refractivity contribution in [3.63, 3.8) is 0 Å². The van der Waals surface area contributed by atoms with Crippen LogP contribution in [0.3, 0.4) is 0 Å². The van der Waals surface area contributed by atoms with Crippen LogP contribution in [0.4, 0.5) is 0 Å². The van der Waals surface area contributed by atoms with Gasteiger partial charge in [-0.15, -0.1) is 0 Å². The van der Waals surface area contributed by atoms with E-state index in [4.69, 9.17) is 22.0 Å². The molecule has 1 saturated carbocycles. The molecule has 164 valence electrons. The average Bonchev–Trinajstić information content (AvgIpc) is 3.43. The van der Waals surface area contributed by atoms with Crippen molar-refractivity contribution in [2.24, 2.45) is 10.2 Å². The summed E-state index contributed by atoms with van der Waals surface area (Å²) in [5.41, 5.74) is 7.77. The quantitative estimate of drug-likeness (QED) is 0.204. The number of nitrogens with zero attached hydrogens (tertiary/aromatic N) is 3. The fourth-order valence-electron chi connectivity index (χ4n) is 4.01. The van der Waals surface area contributed by atoms with E-state index in [9.17, 15) is 0 Å². The van der Waals surface area contributed by atoms with E-state index >= 15 is 0 Å². The van der Waals surface area contributed by atoms with Gasteiger partial charge in [0.15, 0.2) is 5.82 Å². The first-order valence-electron chi connectivity index (χ1n) is 11.6. The number of aromatic nitrogens is 2. The van der Waals surface area contributed by atoms with E-state index in [0.29, 0.717) is 17.6 Å². The summed E-state index contributed by atoms with van der Waals surface area (Å²) in [6.07, 6.45) is 16.3. The van der Waals surface area contributed by atoms with E-state index in [0.717, 1.165) is 24.8 Å². The zero-order valence-corrected chi connectivity index (χ0v) is 19.0. The van der Waals surface area contributed by atoms with Crippen LogP contribution in [0, 0.1) is 0 Å². The van der Waals surface area contributed by atoms with Crippen LogP contribution in [0.1, 0.15) is 95.4 Å². The first-order chi connectivity index (χ1) is 14.7. The minimum atomic E-state index is -0.433. The Morgan fingerprint density at radius 2 is 1.73 bits per heavy atom. The molecule has 1 heterocycles. The first kappa shape index (κ1) is 22.8. The van der Waals surface area contributed by atoms with E-state index in [1.165, 1.54) is 69.8 Å². The van der Waals surface area contributed by atoms with E-state index in [1.807, 2.05) is 6.07 Å². The van der Waals surface area contributed by atoms with Crippen LogP contribution >= 0.6 is 11.8 Å². The average molecular weight is 431 g/mol. The highest BCUT2D eigenvalue weighted by Crippen LogP contribution is 2.47. The second-order valence-electron chi connectivity index (χ2n) is 8.61. The van der Waals surface area contributed by atoms with Gasteiger partial charge in [-0.25, -0.2) is 0 Å². The Morgan fingerprint density at radius 1 is 1.07 bits per heavy atom. The van der Waals surface area contributed by atoms with Gasteiger partial charge in [-0.3, -0.25) is 0 Å². The molecule has 1 aliphatic rings. The van der Waals surface area contributed by atoms with Gasteiger partial charge in [0.2, 0.25) is 0 Å². The summed E-state index contributed by atoms with van der Waals surface area (Å²) in [4.78, 5) is 4.58. The number of rotatable bonds is 14. The second kappa shape index (κ2) is 11.5. The summed E-state index contributed by atoms with van der Waals surface area (Å²) in [5.74, 6) is 1.48. The van der Waals surface area contributed by atoms with Gasteiger partial charge in [0.25, 0.3) is 5.89 Å². The molecule has 0 amide bonds. The molecule has 30 heavy (non-hydrogen) atoms. The van der Waals surface area contributed by atoms with Crippen molar-refractivity contribution in [2.45, 2.75) is 95.8 Å². The summed E-state index contributed by atoms with van der Waals surface area (Å²) in [7, 11) is 0. The maximum atomic E-state index is 5.94. The zero-order valence-electron chi connectivity index (χ0n) is 18.2. The summed E-state index contributed by atoms with van der Waals surface area (Å²) in [5, 5.41) is 4.15. The standard InChI is InChI=1S/C24H35ClN4O/c1-2-3-4-5-6-7-8-9-10-11-13-19-14-12-15-20(18-19)21-27-23(29-30-21)24(16-17-24)22(26)28-25/h12,14-15,18H,2-11,13,16-17H2,1H3,(H2,26,28). The minimum Gasteiger partial charge on any atom is -0.385 e. The number of amidine groups is 1. The fourth-order valence-corrected chi connectivity index (χ4v) is 4.17. The highest BCUT2D eigenvalue weighted by Gasteiger charge is 2.52. The molecule has 0 bridgehead atoms. The van der Waals surface area contributed by atoms with E-state index in [-0.39, 0.29) is 0 Å². The molecule has 0 spiro atoms. The molecule has 0 unspecified atom stereocenters. The predicted molar refractivity (Wildman–Crippen MR) is 124 cm³/mol. The van der Waals surface area contributed by atoms with E-state index in [1.54, 1.807) is 0 Å². The Morgan fingerprint density at radius 3 is 2.37 bits per heavy atom. The molecular weight excluding hydrogens is 396 g/mol. The third-order valence-corrected chi connectivity index (χ3v) is 6.36. The Bertz CT molecular complexity index is 813. The Hall–Kier alpha value is -1.88. The van der Waals surface area contributed by atoms with Crippen LogP contribution in [0.15, 0.2) is 33.3 Å². The van der Waals surface area contributed by atoms with Gasteiger partial charge in [0.1, 0.15) is 5.84 Å². The van der Waals surface area contributed by atoms with Crippen molar-refractivity contribution in [3.8, 4) is 11.5 Å². The third kappa shape index (κ3) is 6.07. The summed E-state index contributed by atoms with van der Waals surface area (Å²) in [6, 6.07) is 8.41. The fraction of sp³-hybridized carbons (Fsp3) is 0.625. The molecule has 3 rings (SSSR count). The first-order valence-corrected chi connectivity index (χ1v) is 11.9. The monoisotopic (exact) mass is 430 g/mol. The number of hydrogen-bond donors (Lipinski definition) is 1. The van der Waals surface area contributed by atoms with Crippen LogP contribution in [0.2, 0.25) is 0 Å². The van der Waals surface area contributed by atoms with Crippen LogP contribution in [-0.2, 0) is 11.8 Å². The van der Waals surface area contributed by atoms with Gasteiger partial charge in [0, 0.05) is 17.3 Å². The molecule has 0 radical (unpaired) electrons. The highest BCUT2D eigenvalue weighted by molar-refractivity contribution is 6.21. The molecule has 1 fully saturated rings. The van der Waals surface area contributed by atoms with Gasteiger partial charge in [-0.1, -0.05) is 82.0 Å². The van der Waals surface area contributed by atoms with Crippen LogP contribution in [-0.4, -0.2) is 16.0 Å². The number of unbranched alkanes of at least 4 members (excludes halogenated alkanes) is 9. The number of nitrogens with two attached hydrogens (primary N) is 1. The highest BCUT2D eigenvalue weighted by atomic mass is 35.5. The van der Waals surface area contributed by atoms with Gasteiger partial charge >= 0.3 is 0 Å². The van der Waals surface area contributed by atoms with Crippen molar-refractivity contribution in [3.05, 3.63) is 35.7 Å². The Labute approximate surface area is 185 Å². The molecule has 0 atom stereocenters. The summed E-state index contributed by atoms with van der Waals surface area (Å²) in [6.45, 7) is 2.27. The van der Waals surface area contributed by atoms with Crippen LogP contribution < -0.4 is 5.73 Å². The van der Waals surface area contributed by atoms with Gasteiger partial charge in [-0.2, -0.15) is 9.50 Å². The predicted octanol–water partition coefficient (Wildman–Crippen LogP) is 6.74. The summed E-state index contributed by atoms with van der Waals surface area (Å²) >= 11 is 5.56. The molecule has 0 aliphatic heterocycles. The normalized spacial score (nSPS) is 15.5. The van der Waals surface area contributed by atoms with Crippen molar-refractivity contribution >= 4 is 17.6 Å². The van der Waals surface area contributed by atoms with Crippen molar-refractivity contribution in [2.75, 3.05) is 0 Å². The Kier molecular flexibility index (Phi) is 8.74. The largest absolute Gasteiger partial charge is 0.385 e. The number of halogens is 1. The maximum absolute atomic E-state index is 5.94. The van der Waals surface area contributed by atoms with Gasteiger partial charge in [-0.05, 0) is 43.4 Å². The molecule has 2 aromatic rings. The maximum Gasteiger partial charge on any atom is 0.257 e. The lowest BCUT2D eigenvalue weighted by atomic mass is 10.0. The van der Waals surface area contributed by atoms with E-state index in [2.05, 4.69) is 39.8 Å². The smallest absolute Gasteiger partial charge is 0.257 e. The lowest BCUT2D eigenvalue weighted by molar-refractivity contribution is 0.420. The molecule has 1 aromatic carbocycles. The van der Waals surface area contributed by atoms with Crippen LogP contribution in [0.5, 0.6) is 0 Å². The minimum absolute atomic E-state index is 0.367. The van der Waals surface area contributed by atoms with E-state index < -0.39 is 5.41 Å². The van der Waals surface area contributed by atoms with Gasteiger partial charge in [0.05, 0.1) is 5.41 Å². The molecule has 1 aliphatic carbocycles. The lowest BCUT2D eigenvalue weighted by Crippen LogP contribution is -2.29. The van der Waals surface area contributed by atoms with Gasteiger partial charge < -0.3 is 10.3 Å². The number of benzene rings is 1. The molecular formula is C24H35ClN4O. The SMILES string of the molecule is CCCCCCCCCCCCc1cccc(-c2nc(C3(/C(N)=N/Cl)CC3)no2)c1. The number of hydrogen-bond acceptors (Lipinski definition) is 4. The van der Waals surface area contributed by atoms with Crippen LogP contribution in [0.25, 0.3) is 11.5 Å². The lowest BCUT2D eigenvalue weighted by Gasteiger charge is -2.07.